The standard InChI is InChI=1S/C16H13N2O.3C2H6.Y/c1-3-7-14(8-4-1)13-19-16-11-12-18(17-16)15-9-5-2-6-10-15;3*1-2;/h1-7,9-12H,13H2;3*1-2H3;/q-1;;;;. The number of hydrogen-bond donors (Lipinski definition) is 0. The van der Waals surface area contributed by atoms with Gasteiger partial charge in [-0.2, -0.15) is 30.3 Å². The third-order valence-corrected chi connectivity index (χ3v) is 2.73. The van der Waals surface area contributed by atoms with Gasteiger partial charge in [-0.1, -0.05) is 59.7 Å². The molecule has 0 N–H and O–H groups in total. The van der Waals surface area contributed by atoms with Crippen LogP contribution in [0.4, 0.5) is 0 Å². The molecule has 0 spiro atoms. The molecule has 0 saturated heterocycles. The largest absolute Gasteiger partial charge is 0.474 e. The predicted octanol–water partition coefficient (Wildman–Crippen LogP) is 6.33. The molecule has 3 rings (SSSR count). The summed E-state index contributed by atoms with van der Waals surface area (Å²) in [6, 6.07) is 22.7. The first-order chi connectivity index (χ1) is 12.4. The first-order valence-corrected chi connectivity index (χ1v) is 9.11. The minimum atomic E-state index is 0. The van der Waals surface area contributed by atoms with Crippen LogP contribution in [0.25, 0.3) is 5.69 Å². The Morgan fingerprint density at radius 2 is 1.46 bits per heavy atom. The molecule has 0 aliphatic heterocycles. The van der Waals surface area contributed by atoms with Crippen molar-refractivity contribution in [1.82, 2.24) is 9.78 Å². The third-order valence-electron chi connectivity index (χ3n) is 2.73. The third kappa shape index (κ3) is 9.89. The summed E-state index contributed by atoms with van der Waals surface area (Å²) in [6.45, 7) is 12.5. The fourth-order valence-electron chi connectivity index (χ4n) is 1.78. The monoisotopic (exact) mass is 428 g/mol. The fourth-order valence-corrected chi connectivity index (χ4v) is 1.78. The van der Waals surface area contributed by atoms with E-state index in [4.69, 9.17) is 4.74 Å². The molecule has 1 radical (unpaired) electrons. The second-order valence-corrected chi connectivity index (χ2v) is 4.11. The number of aromatic nitrogens is 2. The molecule has 3 nitrogen and oxygen atoms in total. The molecule has 3 aromatic rings. The van der Waals surface area contributed by atoms with Crippen molar-refractivity contribution in [1.29, 1.82) is 0 Å². The number of ether oxygens (including phenoxy) is 1. The van der Waals surface area contributed by atoms with Crippen LogP contribution in [-0.2, 0) is 39.3 Å². The van der Waals surface area contributed by atoms with E-state index in [2.05, 4.69) is 11.2 Å². The Hall–Kier alpha value is -1.45. The van der Waals surface area contributed by atoms with E-state index in [0.717, 1.165) is 11.3 Å². The van der Waals surface area contributed by atoms with E-state index in [1.54, 1.807) is 4.68 Å². The van der Waals surface area contributed by atoms with Gasteiger partial charge in [-0.3, -0.25) is 0 Å². The SMILES string of the molecule is CC.CC.CC.[Y].[c-]1ccccc1COc1ccn(-c2ccccc2)n1. The fraction of sp³-hybridized carbons (Fsp3) is 0.318. The number of benzene rings is 2. The Kier molecular flexibility index (Phi) is 18.9. The minimum Gasteiger partial charge on any atom is -0.474 e. The van der Waals surface area contributed by atoms with Crippen molar-refractivity contribution < 1.29 is 37.4 Å². The summed E-state index contributed by atoms with van der Waals surface area (Å²) in [4.78, 5) is 0. The molecule has 139 valence electrons. The average Bonchev–Trinajstić information content (AvgIpc) is 3.22. The van der Waals surface area contributed by atoms with Gasteiger partial charge in [-0.25, -0.2) is 4.68 Å². The van der Waals surface area contributed by atoms with Crippen LogP contribution in [0.3, 0.4) is 0 Å². The number of nitrogens with zero attached hydrogens (tertiary/aromatic N) is 2. The van der Waals surface area contributed by atoms with Crippen molar-refractivity contribution in [3.8, 4) is 11.6 Å². The Morgan fingerprint density at radius 3 is 2.04 bits per heavy atom. The first-order valence-electron chi connectivity index (χ1n) is 9.11. The molecule has 0 bridgehead atoms. The van der Waals surface area contributed by atoms with Crippen molar-refractivity contribution >= 4 is 0 Å². The quantitative estimate of drug-likeness (QED) is 0.454. The van der Waals surface area contributed by atoms with Crippen LogP contribution in [0.1, 0.15) is 47.1 Å². The normalized spacial score (nSPS) is 8.23. The maximum atomic E-state index is 5.63. The molecule has 0 aliphatic rings. The van der Waals surface area contributed by atoms with E-state index in [0.29, 0.717) is 12.5 Å². The summed E-state index contributed by atoms with van der Waals surface area (Å²) in [7, 11) is 0. The molecule has 0 fully saturated rings. The van der Waals surface area contributed by atoms with Gasteiger partial charge in [0.15, 0.2) is 0 Å². The van der Waals surface area contributed by atoms with Gasteiger partial charge in [-0.05, 0) is 12.1 Å². The zero-order valence-corrected chi connectivity index (χ0v) is 19.8. The van der Waals surface area contributed by atoms with E-state index in [-0.39, 0.29) is 32.7 Å². The molecule has 1 aromatic heterocycles. The summed E-state index contributed by atoms with van der Waals surface area (Å²) in [5.74, 6) is 0.612. The smallest absolute Gasteiger partial charge is 0.233 e. The maximum Gasteiger partial charge on any atom is 0.233 e. The second kappa shape index (κ2) is 18.3. The van der Waals surface area contributed by atoms with Gasteiger partial charge in [0.05, 0.1) is 12.3 Å². The van der Waals surface area contributed by atoms with Crippen LogP contribution in [0.2, 0.25) is 0 Å². The van der Waals surface area contributed by atoms with Crippen LogP contribution in [0, 0.1) is 6.07 Å². The van der Waals surface area contributed by atoms with E-state index in [1.807, 2.05) is 108 Å². The number of para-hydroxylation sites is 1. The van der Waals surface area contributed by atoms with Gasteiger partial charge >= 0.3 is 0 Å². The average molecular weight is 428 g/mol. The van der Waals surface area contributed by atoms with E-state index in [1.165, 1.54) is 0 Å². The van der Waals surface area contributed by atoms with Gasteiger partial charge in [0.2, 0.25) is 5.88 Å². The molecule has 0 saturated carbocycles. The summed E-state index contributed by atoms with van der Waals surface area (Å²) >= 11 is 0. The van der Waals surface area contributed by atoms with Crippen molar-refractivity contribution in [2.24, 2.45) is 0 Å². The predicted molar refractivity (Wildman–Crippen MR) is 107 cm³/mol. The van der Waals surface area contributed by atoms with Gasteiger partial charge < -0.3 is 4.74 Å². The minimum absolute atomic E-state index is 0. The van der Waals surface area contributed by atoms with E-state index >= 15 is 0 Å². The zero-order chi connectivity index (χ0) is 18.9. The molecule has 1 heterocycles. The zero-order valence-electron chi connectivity index (χ0n) is 16.9. The molecule has 0 unspecified atom stereocenters. The number of hydrogen-bond acceptors (Lipinski definition) is 2. The van der Waals surface area contributed by atoms with Crippen molar-refractivity contribution in [2.45, 2.75) is 48.1 Å². The molecule has 0 atom stereocenters. The molecule has 26 heavy (non-hydrogen) atoms. The Labute approximate surface area is 184 Å². The Balaban J connectivity index is 0. The van der Waals surface area contributed by atoms with Crippen molar-refractivity contribution in [3.63, 3.8) is 0 Å². The van der Waals surface area contributed by atoms with E-state index < -0.39 is 0 Å². The molecule has 0 amide bonds. The van der Waals surface area contributed by atoms with Crippen molar-refractivity contribution in [2.75, 3.05) is 0 Å². The van der Waals surface area contributed by atoms with Crippen LogP contribution < -0.4 is 4.74 Å². The van der Waals surface area contributed by atoms with Crippen LogP contribution in [0.15, 0.2) is 66.9 Å². The molecule has 4 heteroatoms. The van der Waals surface area contributed by atoms with Crippen LogP contribution >= 0.6 is 0 Å². The maximum absolute atomic E-state index is 5.63. The van der Waals surface area contributed by atoms with E-state index in [9.17, 15) is 0 Å². The van der Waals surface area contributed by atoms with Gasteiger partial charge in [0.1, 0.15) is 0 Å². The topological polar surface area (TPSA) is 27.1 Å². The molecular formula is C22H31N2OY-. The molecule has 2 aromatic carbocycles. The van der Waals surface area contributed by atoms with Gasteiger partial charge in [-0.15, -0.1) is 10.7 Å². The first kappa shape index (κ1) is 26.8. The Morgan fingerprint density at radius 1 is 0.846 bits per heavy atom. The summed E-state index contributed by atoms with van der Waals surface area (Å²) in [5.41, 5.74) is 2.03. The van der Waals surface area contributed by atoms with Crippen LogP contribution in [0.5, 0.6) is 5.88 Å². The van der Waals surface area contributed by atoms with Crippen molar-refractivity contribution in [3.05, 3.63) is 78.5 Å². The summed E-state index contributed by atoms with van der Waals surface area (Å²) in [6.07, 6.45) is 1.89. The number of rotatable bonds is 4. The van der Waals surface area contributed by atoms with Gasteiger partial charge in [0.25, 0.3) is 0 Å². The van der Waals surface area contributed by atoms with Crippen LogP contribution in [-0.4, -0.2) is 9.78 Å². The molecule has 0 aliphatic carbocycles. The summed E-state index contributed by atoms with van der Waals surface area (Å²) in [5, 5.41) is 4.38. The van der Waals surface area contributed by atoms with Gasteiger partial charge in [0, 0.05) is 45.0 Å². The molecular weight excluding hydrogens is 397 g/mol. The second-order valence-electron chi connectivity index (χ2n) is 4.11. The Bertz CT molecular complexity index is 640. The summed E-state index contributed by atoms with van der Waals surface area (Å²) < 4.78 is 7.43.